The van der Waals surface area contributed by atoms with Crippen molar-refractivity contribution in [1.82, 2.24) is 5.32 Å². The number of amides is 1. The van der Waals surface area contributed by atoms with Crippen molar-refractivity contribution in [2.75, 3.05) is 6.61 Å². The Balaban J connectivity index is 3.18. The fourth-order valence-corrected chi connectivity index (χ4v) is 2.51. The molecule has 0 aliphatic carbocycles. The van der Waals surface area contributed by atoms with Crippen LogP contribution in [0.4, 0.5) is 4.39 Å². The summed E-state index contributed by atoms with van der Waals surface area (Å²) in [5.41, 5.74) is 0. The van der Waals surface area contributed by atoms with Crippen molar-refractivity contribution in [3.8, 4) is 0 Å². The Bertz CT molecular complexity index is 681. The molecule has 162 valence electrons. The van der Waals surface area contributed by atoms with Crippen LogP contribution in [0.25, 0.3) is 0 Å². The molecule has 0 fully saturated rings. The number of carbonyl (C=O) groups excluding carboxylic acids is 2. The van der Waals surface area contributed by atoms with Crippen molar-refractivity contribution in [2.45, 2.75) is 51.6 Å². The van der Waals surface area contributed by atoms with E-state index in [1.807, 2.05) is 0 Å². The summed E-state index contributed by atoms with van der Waals surface area (Å²) in [7, 11) is 0. The van der Waals surface area contributed by atoms with E-state index >= 15 is 4.39 Å². The maximum atomic E-state index is 15.4. The second kappa shape index (κ2) is 11.1. The van der Waals surface area contributed by atoms with Crippen molar-refractivity contribution in [3.63, 3.8) is 0 Å². The van der Waals surface area contributed by atoms with Gasteiger partial charge in [-0.1, -0.05) is 13.5 Å². The van der Waals surface area contributed by atoms with Gasteiger partial charge in [0.25, 0.3) is 0 Å². The van der Waals surface area contributed by atoms with Crippen molar-refractivity contribution < 1.29 is 43.1 Å². The lowest BCUT2D eigenvalue weighted by atomic mass is 9.88. The van der Waals surface area contributed by atoms with Crippen molar-refractivity contribution >= 4 is 24.1 Å². The third kappa shape index (κ3) is 7.18. The summed E-state index contributed by atoms with van der Waals surface area (Å²) in [5, 5.41) is 19.2. The highest BCUT2D eigenvalue weighted by Crippen LogP contribution is 2.28. The van der Waals surface area contributed by atoms with E-state index in [1.54, 1.807) is 6.92 Å². The monoisotopic (exact) mass is 416 g/mol. The first-order chi connectivity index (χ1) is 13.6. The van der Waals surface area contributed by atoms with Gasteiger partial charge in [-0.3, -0.25) is 9.59 Å². The standard InChI is InChI=1S/C18H25FN2O8/c1-5-14(23)26-8-13(29-28-9(2)3)15(19)17-16(21-10(4)22)11(7-20)6-12(27-17)18(24)25/h6-7,11,13,15-17,20H,2,5,8H2,1,3-4H3,(H,21,22)(H,24,25). The second-order valence-electron chi connectivity index (χ2n) is 6.29. The molecule has 0 radical (unpaired) electrons. The third-order valence-corrected chi connectivity index (χ3v) is 3.83. The molecule has 29 heavy (non-hydrogen) atoms. The Labute approximate surface area is 167 Å². The first-order valence-corrected chi connectivity index (χ1v) is 8.78. The van der Waals surface area contributed by atoms with Gasteiger partial charge in [-0.15, -0.1) is 0 Å². The number of esters is 1. The predicted molar refractivity (Wildman–Crippen MR) is 97.4 cm³/mol. The van der Waals surface area contributed by atoms with Gasteiger partial charge >= 0.3 is 11.9 Å². The summed E-state index contributed by atoms with van der Waals surface area (Å²) in [6, 6.07) is -1.11. The lowest BCUT2D eigenvalue weighted by Gasteiger charge is -2.38. The van der Waals surface area contributed by atoms with E-state index < -0.39 is 60.6 Å². The zero-order chi connectivity index (χ0) is 22.1. The number of carbonyl (C=O) groups is 3. The normalized spacial score (nSPS) is 22.9. The molecule has 5 unspecified atom stereocenters. The summed E-state index contributed by atoms with van der Waals surface area (Å²) in [4.78, 5) is 44.1. The maximum Gasteiger partial charge on any atom is 0.370 e. The van der Waals surface area contributed by atoms with Gasteiger partial charge in [-0.25, -0.2) is 9.18 Å². The third-order valence-electron chi connectivity index (χ3n) is 3.83. The maximum absolute atomic E-state index is 15.4. The smallest absolute Gasteiger partial charge is 0.370 e. The van der Waals surface area contributed by atoms with Gasteiger partial charge in [-0.05, 0) is 13.0 Å². The SMILES string of the molecule is C=C(C)OOC(COC(=O)CC)C(F)C1OC(C(=O)O)=CC(C=N)C1NC(C)=O. The lowest BCUT2D eigenvalue weighted by Crippen LogP contribution is -2.57. The van der Waals surface area contributed by atoms with Crippen molar-refractivity contribution in [1.29, 1.82) is 5.41 Å². The van der Waals surface area contributed by atoms with Gasteiger partial charge in [-0.2, -0.15) is 4.89 Å². The van der Waals surface area contributed by atoms with Gasteiger partial charge in [0.2, 0.25) is 11.7 Å². The van der Waals surface area contributed by atoms with Crippen LogP contribution in [0.15, 0.2) is 24.2 Å². The van der Waals surface area contributed by atoms with Crippen LogP contribution in [-0.4, -0.2) is 60.2 Å². The Morgan fingerprint density at radius 2 is 2.10 bits per heavy atom. The number of aliphatic carboxylic acids is 1. The molecule has 0 aromatic heterocycles. The average molecular weight is 416 g/mol. The van der Waals surface area contributed by atoms with E-state index in [0.29, 0.717) is 0 Å². The number of nitrogens with one attached hydrogen (secondary N) is 2. The molecular formula is C18H25FN2O8. The molecule has 10 nitrogen and oxygen atoms in total. The molecule has 0 aromatic rings. The first kappa shape index (κ1) is 24.1. The number of hydrogen-bond acceptors (Lipinski definition) is 8. The fraction of sp³-hybridized carbons (Fsp3) is 0.556. The van der Waals surface area contributed by atoms with E-state index in [-0.39, 0.29) is 12.2 Å². The minimum atomic E-state index is -2.11. The highest BCUT2D eigenvalue weighted by Gasteiger charge is 2.45. The number of rotatable bonds is 11. The van der Waals surface area contributed by atoms with Crippen LogP contribution >= 0.6 is 0 Å². The molecular weight excluding hydrogens is 391 g/mol. The van der Waals surface area contributed by atoms with Gasteiger partial charge in [0, 0.05) is 25.5 Å². The summed E-state index contributed by atoms with van der Waals surface area (Å²) in [5.74, 6) is -4.07. The predicted octanol–water partition coefficient (Wildman–Crippen LogP) is 1.27. The molecule has 1 aliphatic heterocycles. The van der Waals surface area contributed by atoms with Crippen molar-refractivity contribution in [3.05, 3.63) is 24.2 Å². The molecule has 1 amide bonds. The number of allylic oxidation sites excluding steroid dienone is 1. The second-order valence-corrected chi connectivity index (χ2v) is 6.29. The van der Waals surface area contributed by atoms with Crippen LogP contribution < -0.4 is 5.32 Å². The highest BCUT2D eigenvalue weighted by atomic mass is 19.1. The topological polar surface area (TPSA) is 144 Å². The molecule has 3 N–H and O–H groups in total. The number of halogens is 1. The Morgan fingerprint density at radius 3 is 2.59 bits per heavy atom. The van der Waals surface area contributed by atoms with E-state index in [2.05, 4.69) is 11.9 Å². The Hall–Kier alpha value is -2.95. The van der Waals surface area contributed by atoms with Gasteiger partial charge < -0.3 is 30.2 Å². The average Bonchev–Trinajstić information content (AvgIpc) is 2.66. The summed E-state index contributed by atoms with van der Waals surface area (Å²) in [6.45, 7) is 7.05. The summed E-state index contributed by atoms with van der Waals surface area (Å²) < 4.78 is 25.6. The fourth-order valence-electron chi connectivity index (χ4n) is 2.51. The first-order valence-electron chi connectivity index (χ1n) is 8.78. The molecule has 0 spiro atoms. The number of carboxylic acid groups (broad SMARTS) is 1. The molecule has 11 heteroatoms. The highest BCUT2D eigenvalue weighted by molar-refractivity contribution is 5.86. The van der Waals surface area contributed by atoms with E-state index in [4.69, 9.17) is 24.7 Å². The van der Waals surface area contributed by atoms with Gasteiger partial charge in [0.15, 0.2) is 18.4 Å². The number of carboxylic acids is 1. The number of ether oxygens (including phenoxy) is 2. The van der Waals surface area contributed by atoms with E-state index in [0.717, 1.165) is 12.3 Å². The van der Waals surface area contributed by atoms with Crippen molar-refractivity contribution in [2.24, 2.45) is 5.92 Å². The number of alkyl halides is 1. The van der Waals surface area contributed by atoms with Crippen LogP contribution in [0, 0.1) is 11.3 Å². The molecule has 0 saturated carbocycles. The van der Waals surface area contributed by atoms with Gasteiger partial charge in [0.05, 0.1) is 6.04 Å². The number of hydrogen-bond donors (Lipinski definition) is 3. The summed E-state index contributed by atoms with van der Waals surface area (Å²) in [6.07, 6.45) is -3.20. The van der Waals surface area contributed by atoms with Crippen LogP contribution in [-0.2, 0) is 33.6 Å². The minimum Gasteiger partial charge on any atom is -0.478 e. The van der Waals surface area contributed by atoms with Crippen LogP contribution in [0.3, 0.4) is 0 Å². The molecule has 0 saturated heterocycles. The van der Waals surface area contributed by atoms with Crippen LogP contribution in [0.1, 0.15) is 27.2 Å². The van der Waals surface area contributed by atoms with Crippen LogP contribution in [0.2, 0.25) is 0 Å². The summed E-state index contributed by atoms with van der Waals surface area (Å²) >= 11 is 0. The minimum absolute atomic E-state index is 0.0429. The molecule has 0 bridgehead atoms. The Morgan fingerprint density at radius 1 is 1.45 bits per heavy atom. The lowest BCUT2D eigenvalue weighted by molar-refractivity contribution is -0.317. The molecule has 0 aromatic carbocycles. The molecule has 5 atom stereocenters. The molecule has 1 aliphatic rings. The largest absolute Gasteiger partial charge is 0.478 e. The van der Waals surface area contributed by atoms with Crippen LogP contribution in [0.5, 0.6) is 0 Å². The van der Waals surface area contributed by atoms with E-state index in [9.17, 15) is 19.5 Å². The molecule has 1 heterocycles. The zero-order valence-electron chi connectivity index (χ0n) is 16.3. The van der Waals surface area contributed by atoms with E-state index in [1.165, 1.54) is 13.8 Å². The quantitative estimate of drug-likeness (QED) is 0.150. The zero-order valence-corrected chi connectivity index (χ0v) is 16.3. The van der Waals surface area contributed by atoms with Gasteiger partial charge in [0.1, 0.15) is 12.4 Å². The molecule has 1 rings (SSSR count). The Kier molecular flexibility index (Phi) is 9.26.